The van der Waals surface area contributed by atoms with E-state index in [-0.39, 0.29) is 35.8 Å². The highest BCUT2D eigenvalue weighted by molar-refractivity contribution is 7.92. The fourth-order valence-electron chi connectivity index (χ4n) is 2.94. The van der Waals surface area contributed by atoms with E-state index in [0.29, 0.717) is 10.9 Å². The Bertz CT molecular complexity index is 1170. The number of carbonyl (C=O) groups is 2. The molecule has 0 aliphatic carbocycles. The topological polar surface area (TPSA) is 85.2 Å². The van der Waals surface area contributed by atoms with Gasteiger partial charge in [0.2, 0.25) is 0 Å². The van der Waals surface area contributed by atoms with Crippen molar-refractivity contribution < 1.29 is 31.4 Å². The van der Waals surface area contributed by atoms with Gasteiger partial charge in [-0.15, -0.1) is 3.89 Å². The van der Waals surface area contributed by atoms with Gasteiger partial charge < -0.3 is 15.4 Å². The molecule has 1 aromatic carbocycles. The number of hydrogen-bond donors (Lipinski definition) is 2. The number of hydrogen-bond acceptors (Lipinski definition) is 5. The summed E-state index contributed by atoms with van der Waals surface area (Å²) >= 11 is -0.134. The van der Waals surface area contributed by atoms with E-state index in [1.54, 1.807) is 26.8 Å². The van der Waals surface area contributed by atoms with E-state index < -0.39 is 29.3 Å². The molecular formula is C21H20F4N4O3S. The summed E-state index contributed by atoms with van der Waals surface area (Å²) in [4.78, 5) is 28.6. The lowest BCUT2D eigenvalue weighted by Gasteiger charge is -2.19. The minimum absolute atomic E-state index is 0.0780. The quantitative estimate of drug-likeness (QED) is 0.345. The second-order valence-electron chi connectivity index (χ2n) is 8.07. The molecule has 2 N–H and O–H groups in total. The number of pyridine rings is 1. The number of esters is 1. The number of anilines is 2. The smallest absolute Gasteiger partial charge is 0.416 e. The Hall–Kier alpha value is -3.28. The fraction of sp³-hybridized carbons (Fsp3) is 0.286. The molecular weight excluding hydrogens is 464 g/mol. The van der Waals surface area contributed by atoms with Crippen LogP contribution in [0.2, 0.25) is 0 Å². The lowest BCUT2D eigenvalue weighted by Crippen LogP contribution is -2.24. The van der Waals surface area contributed by atoms with Crippen molar-refractivity contribution in [2.75, 3.05) is 10.6 Å². The Morgan fingerprint density at radius 1 is 1.12 bits per heavy atom. The van der Waals surface area contributed by atoms with E-state index in [0.717, 1.165) is 28.2 Å². The van der Waals surface area contributed by atoms with Gasteiger partial charge in [-0.2, -0.15) is 13.2 Å². The van der Waals surface area contributed by atoms with Crippen LogP contribution in [0.5, 0.6) is 0 Å². The molecule has 7 nitrogen and oxygen atoms in total. The van der Waals surface area contributed by atoms with Crippen molar-refractivity contribution in [1.29, 1.82) is 0 Å². The van der Waals surface area contributed by atoms with Crippen LogP contribution in [-0.2, 0) is 22.1 Å². The minimum Gasteiger partial charge on any atom is -0.460 e. The number of carbonyl (C=O) groups excluding carboxylic acids is 2. The first-order valence-corrected chi connectivity index (χ1v) is 10.3. The summed E-state index contributed by atoms with van der Waals surface area (Å²) in [6, 6.07) is 4.73. The molecule has 0 aliphatic rings. The molecule has 2 amide bonds. The normalized spacial score (nSPS) is 12.0. The van der Waals surface area contributed by atoms with E-state index in [2.05, 4.69) is 15.6 Å². The molecule has 12 heteroatoms. The summed E-state index contributed by atoms with van der Waals surface area (Å²) in [7, 11) is 0. The molecule has 2 heterocycles. The van der Waals surface area contributed by atoms with Crippen LogP contribution in [0, 0.1) is 0 Å². The van der Waals surface area contributed by atoms with Crippen LogP contribution in [-0.4, -0.2) is 26.6 Å². The van der Waals surface area contributed by atoms with Gasteiger partial charge >= 0.3 is 18.2 Å². The number of aromatic nitrogens is 2. The van der Waals surface area contributed by atoms with Crippen molar-refractivity contribution in [2.45, 2.75) is 39.0 Å². The Morgan fingerprint density at radius 3 is 2.36 bits per heavy atom. The highest BCUT2D eigenvalue weighted by Crippen LogP contribution is 2.31. The lowest BCUT2D eigenvalue weighted by atomic mass is 10.1. The summed E-state index contributed by atoms with van der Waals surface area (Å²) in [5, 5.41) is 5.30. The third-order valence-corrected chi connectivity index (χ3v) is 4.66. The van der Waals surface area contributed by atoms with Crippen LogP contribution in [0.3, 0.4) is 0 Å². The van der Waals surface area contributed by atoms with Gasteiger partial charge in [0.1, 0.15) is 5.60 Å². The van der Waals surface area contributed by atoms with Gasteiger partial charge in [0.05, 0.1) is 17.7 Å². The highest BCUT2D eigenvalue weighted by Gasteiger charge is 2.30. The van der Waals surface area contributed by atoms with E-state index in [4.69, 9.17) is 4.74 Å². The molecule has 0 fully saturated rings. The molecule has 0 spiro atoms. The van der Waals surface area contributed by atoms with Gasteiger partial charge in [-0.05, 0) is 56.7 Å². The molecule has 176 valence electrons. The van der Waals surface area contributed by atoms with Crippen molar-refractivity contribution in [1.82, 2.24) is 8.96 Å². The van der Waals surface area contributed by atoms with E-state index in [1.165, 1.54) is 12.4 Å². The standard InChI is InChI=1S/C21H20F4N4O3S/c1-20(2,3)32-17(30)9-12-8-15-16(11-29(33-25)18(15)26-10-12)28-19(31)27-14-6-4-13(5-7-14)21(22,23)24/h4-8,10-11H,9H2,1-3H3,(H2,27,28,31). The predicted octanol–water partition coefficient (Wildman–Crippen LogP) is 5.96. The Kier molecular flexibility index (Phi) is 6.86. The third kappa shape index (κ3) is 6.37. The van der Waals surface area contributed by atoms with Crippen molar-refractivity contribution in [3.63, 3.8) is 0 Å². The molecule has 0 saturated heterocycles. The number of halogens is 4. The number of ether oxygens (including phenoxy) is 1. The monoisotopic (exact) mass is 484 g/mol. The van der Waals surface area contributed by atoms with Gasteiger partial charge in [0.15, 0.2) is 18.0 Å². The maximum atomic E-state index is 13.3. The Morgan fingerprint density at radius 2 is 1.79 bits per heavy atom. The number of nitrogens with zero attached hydrogens (tertiary/aromatic N) is 2. The molecule has 3 aromatic rings. The van der Waals surface area contributed by atoms with Crippen LogP contribution in [0.15, 0.2) is 42.7 Å². The first-order valence-electron chi connectivity index (χ1n) is 9.62. The predicted molar refractivity (Wildman–Crippen MR) is 117 cm³/mol. The molecule has 0 atom stereocenters. The Balaban J connectivity index is 1.78. The van der Waals surface area contributed by atoms with E-state index >= 15 is 0 Å². The molecule has 0 saturated carbocycles. The molecule has 0 aliphatic heterocycles. The first kappa shape index (κ1) is 24.4. The second kappa shape index (κ2) is 9.30. The van der Waals surface area contributed by atoms with Gasteiger partial charge in [0, 0.05) is 23.5 Å². The zero-order valence-corrected chi connectivity index (χ0v) is 18.6. The maximum absolute atomic E-state index is 13.3. The second-order valence-corrected chi connectivity index (χ2v) is 8.60. The number of benzene rings is 1. The molecule has 0 unspecified atom stereocenters. The molecule has 0 radical (unpaired) electrons. The number of alkyl halides is 3. The number of fused-ring (bicyclic) bond motifs is 1. The lowest BCUT2D eigenvalue weighted by molar-refractivity contribution is -0.153. The summed E-state index contributed by atoms with van der Waals surface area (Å²) < 4.78 is 57.7. The average Bonchev–Trinajstić information content (AvgIpc) is 3.03. The number of nitrogens with one attached hydrogen (secondary N) is 2. The van der Waals surface area contributed by atoms with Crippen LogP contribution in [0.4, 0.5) is 33.2 Å². The number of urea groups is 1. The largest absolute Gasteiger partial charge is 0.460 e. The Labute approximate surface area is 190 Å². The average molecular weight is 484 g/mol. The number of amides is 2. The minimum atomic E-state index is -4.49. The van der Waals surface area contributed by atoms with Crippen LogP contribution in [0.1, 0.15) is 31.9 Å². The van der Waals surface area contributed by atoms with Gasteiger partial charge in [-0.1, -0.05) is 0 Å². The van der Waals surface area contributed by atoms with Crippen LogP contribution in [0.25, 0.3) is 11.0 Å². The van der Waals surface area contributed by atoms with Crippen LogP contribution >= 0.6 is 12.3 Å². The van der Waals surface area contributed by atoms with Gasteiger partial charge in [-0.25, -0.2) is 13.8 Å². The highest BCUT2D eigenvalue weighted by atomic mass is 32.2. The van der Waals surface area contributed by atoms with Crippen molar-refractivity contribution in [3.8, 4) is 0 Å². The first-order chi connectivity index (χ1) is 15.4. The fourth-order valence-corrected chi connectivity index (χ4v) is 3.30. The van der Waals surface area contributed by atoms with Crippen molar-refractivity contribution >= 4 is 46.7 Å². The van der Waals surface area contributed by atoms with Gasteiger partial charge in [0.25, 0.3) is 0 Å². The molecule has 33 heavy (non-hydrogen) atoms. The summed E-state index contributed by atoms with van der Waals surface area (Å²) in [6.45, 7) is 5.21. The van der Waals surface area contributed by atoms with Crippen molar-refractivity contribution in [2.24, 2.45) is 0 Å². The third-order valence-electron chi connectivity index (χ3n) is 4.23. The van der Waals surface area contributed by atoms with E-state index in [9.17, 15) is 26.6 Å². The van der Waals surface area contributed by atoms with Crippen LogP contribution < -0.4 is 10.6 Å². The molecule has 0 bridgehead atoms. The molecule has 2 aromatic heterocycles. The summed E-state index contributed by atoms with van der Waals surface area (Å²) in [5.74, 6) is -0.475. The van der Waals surface area contributed by atoms with E-state index in [1.807, 2.05) is 0 Å². The zero-order chi connectivity index (χ0) is 24.4. The number of rotatable bonds is 5. The SMILES string of the molecule is CC(C)(C)OC(=O)Cc1cnc2c(c1)c(NC(=O)Nc1ccc(C(F)(F)F)cc1)cn2SF. The summed E-state index contributed by atoms with van der Waals surface area (Å²) in [5.41, 5.74) is -0.484. The maximum Gasteiger partial charge on any atom is 0.416 e. The molecule has 3 rings (SSSR count). The van der Waals surface area contributed by atoms with Gasteiger partial charge in [-0.3, -0.25) is 4.79 Å². The summed E-state index contributed by atoms with van der Waals surface area (Å²) in [6.07, 6.45) is -1.86. The zero-order valence-electron chi connectivity index (χ0n) is 17.8. The van der Waals surface area contributed by atoms with Crippen molar-refractivity contribution in [3.05, 3.63) is 53.9 Å².